The van der Waals surface area contributed by atoms with Gasteiger partial charge in [0.25, 0.3) is 0 Å². The molecule has 2 aliphatic heterocycles. The van der Waals surface area contributed by atoms with Crippen molar-refractivity contribution in [3.63, 3.8) is 0 Å². The van der Waals surface area contributed by atoms with Gasteiger partial charge in [-0.2, -0.15) is 0 Å². The fraction of sp³-hybridized carbons (Fsp3) is 0.588. The molecule has 0 bridgehead atoms. The van der Waals surface area contributed by atoms with Crippen LogP contribution >= 0.6 is 11.6 Å². The first-order valence-corrected chi connectivity index (χ1v) is 8.93. The summed E-state index contributed by atoms with van der Waals surface area (Å²) in [5.41, 5.74) is 0. The van der Waals surface area contributed by atoms with Crippen molar-refractivity contribution >= 4 is 29.2 Å². The summed E-state index contributed by atoms with van der Waals surface area (Å²) in [4.78, 5) is 30.8. The first kappa shape index (κ1) is 17.2. The summed E-state index contributed by atoms with van der Waals surface area (Å²) in [5.74, 6) is 0.373. The molecule has 3 heterocycles. The van der Waals surface area contributed by atoms with E-state index in [1.54, 1.807) is 12.1 Å². The molecule has 0 aromatic carbocycles. The highest BCUT2D eigenvalue weighted by Crippen LogP contribution is 2.20. The monoisotopic (exact) mass is 350 g/mol. The van der Waals surface area contributed by atoms with Crippen molar-refractivity contribution in [1.82, 2.24) is 15.2 Å². The fourth-order valence-electron chi connectivity index (χ4n) is 3.37. The normalized spacial score (nSPS) is 24.0. The van der Waals surface area contributed by atoms with Gasteiger partial charge in [-0.1, -0.05) is 11.6 Å². The van der Waals surface area contributed by atoms with Crippen LogP contribution in [0.1, 0.15) is 32.1 Å². The van der Waals surface area contributed by atoms with Gasteiger partial charge in [-0.05, 0) is 44.4 Å². The predicted octanol–water partition coefficient (Wildman–Crippen LogP) is 2.05. The first-order chi connectivity index (χ1) is 11.6. The number of anilines is 1. The number of amides is 2. The Morgan fingerprint density at radius 2 is 2.21 bits per heavy atom. The first-order valence-electron chi connectivity index (χ1n) is 8.55. The number of piperidine rings is 1. The van der Waals surface area contributed by atoms with Gasteiger partial charge in [0.05, 0.1) is 10.9 Å². The third-order valence-corrected chi connectivity index (χ3v) is 4.93. The zero-order chi connectivity index (χ0) is 16.9. The number of nitrogens with zero attached hydrogens (tertiary/aromatic N) is 2. The van der Waals surface area contributed by atoms with E-state index in [-0.39, 0.29) is 17.7 Å². The summed E-state index contributed by atoms with van der Waals surface area (Å²) >= 11 is 5.80. The quantitative estimate of drug-likeness (QED) is 0.871. The molecule has 2 atom stereocenters. The number of pyridine rings is 1. The largest absolute Gasteiger partial charge is 0.342 e. The van der Waals surface area contributed by atoms with E-state index in [4.69, 9.17) is 11.6 Å². The van der Waals surface area contributed by atoms with Gasteiger partial charge in [-0.25, -0.2) is 4.98 Å². The molecule has 2 fully saturated rings. The maximum atomic E-state index is 12.4. The van der Waals surface area contributed by atoms with Gasteiger partial charge < -0.3 is 15.5 Å². The number of aromatic nitrogens is 1. The van der Waals surface area contributed by atoms with Crippen LogP contribution < -0.4 is 10.6 Å². The minimum Gasteiger partial charge on any atom is -0.342 e. The Bertz CT molecular complexity index is 587. The molecule has 2 unspecified atom stereocenters. The van der Waals surface area contributed by atoms with Crippen LogP contribution in [0.25, 0.3) is 0 Å². The number of hydrogen-bond acceptors (Lipinski definition) is 4. The van der Waals surface area contributed by atoms with E-state index in [9.17, 15) is 9.59 Å². The van der Waals surface area contributed by atoms with Gasteiger partial charge in [-0.15, -0.1) is 0 Å². The lowest BCUT2D eigenvalue weighted by Gasteiger charge is -2.32. The van der Waals surface area contributed by atoms with Gasteiger partial charge in [0.2, 0.25) is 11.8 Å². The van der Waals surface area contributed by atoms with Gasteiger partial charge in [0.15, 0.2) is 0 Å². The number of nitrogens with one attached hydrogen (secondary N) is 2. The number of hydrogen-bond donors (Lipinski definition) is 2. The minimum atomic E-state index is -0.184. The summed E-state index contributed by atoms with van der Waals surface area (Å²) in [6.07, 6.45) is 5.89. The second-order valence-corrected chi connectivity index (χ2v) is 6.96. The molecule has 2 amide bonds. The Morgan fingerprint density at radius 3 is 2.92 bits per heavy atom. The predicted molar refractivity (Wildman–Crippen MR) is 92.8 cm³/mol. The van der Waals surface area contributed by atoms with E-state index in [1.807, 2.05) is 4.90 Å². The molecule has 0 radical (unpaired) electrons. The van der Waals surface area contributed by atoms with Crippen molar-refractivity contribution in [2.45, 2.75) is 38.1 Å². The van der Waals surface area contributed by atoms with Gasteiger partial charge in [-0.3, -0.25) is 9.59 Å². The third kappa shape index (κ3) is 4.45. The summed E-state index contributed by atoms with van der Waals surface area (Å²) in [6.45, 7) is 2.23. The maximum Gasteiger partial charge on any atom is 0.230 e. The molecule has 0 aliphatic carbocycles. The molecule has 3 rings (SSSR count). The van der Waals surface area contributed by atoms with Crippen LogP contribution in [0.15, 0.2) is 18.3 Å². The smallest absolute Gasteiger partial charge is 0.230 e. The van der Waals surface area contributed by atoms with Crippen molar-refractivity contribution < 1.29 is 9.59 Å². The minimum absolute atomic E-state index is 0.0821. The van der Waals surface area contributed by atoms with Crippen LogP contribution in [0.3, 0.4) is 0 Å². The topological polar surface area (TPSA) is 74.3 Å². The Kier molecular flexibility index (Phi) is 5.68. The molecule has 6 nitrogen and oxygen atoms in total. The number of carbonyl (C=O) groups excluding carboxylic acids is 2. The average molecular weight is 351 g/mol. The summed E-state index contributed by atoms with van der Waals surface area (Å²) < 4.78 is 0. The zero-order valence-electron chi connectivity index (χ0n) is 13.6. The lowest BCUT2D eigenvalue weighted by Crippen LogP contribution is -2.45. The molecule has 2 N–H and O–H groups in total. The Labute approximate surface area is 147 Å². The van der Waals surface area contributed by atoms with Crippen LogP contribution in [-0.4, -0.2) is 47.4 Å². The second kappa shape index (κ2) is 7.94. The van der Waals surface area contributed by atoms with Crippen molar-refractivity contribution in [3.8, 4) is 0 Å². The molecule has 2 aliphatic rings. The number of rotatable bonds is 4. The molecular weight excluding hydrogens is 328 g/mol. The highest BCUT2D eigenvalue weighted by molar-refractivity contribution is 6.30. The van der Waals surface area contributed by atoms with E-state index in [0.717, 1.165) is 38.8 Å². The van der Waals surface area contributed by atoms with E-state index in [2.05, 4.69) is 15.6 Å². The van der Waals surface area contributed by atoms with E-state index >= 15 is 0 Å². The second-order valence-electron chi connectivity index (χ2n) is 6.53. The average Bonchev–Trinajstić information content (AvgIpc) is 3.10. The third-order valence-electron chi connectivity index (χ3n) is 4.71. The van der Waals surface area contributed by atoms with Gasteiger partial charge >= 0.3 is 0 Å². The zero-order valence-corrected chi connectivity index (χ0v) is 14.4. The Hall–Kier alpha value is -1.66. The molecule has 130 valence electrons. The van der Waals surface area contributed by atoms with Crippen molar-refractivity contribution in [2.24, 2.45) is 5.92 Å². The SMILES string of the molecule is O=C(Nc1ccc(Cl)cn1)C1CCCN(C(=O)CC2CCCN2)C1. The highest BCUT2D eigenvalue weighted by Gasteiger charge is 2.30. The summed E-state index contributed by atoms with van der Waals surface area (Å²) in [5, 5.41) is 6.69. The van der Waals surface area contributed by atoms with Crippen LogP contribution in [0.4, 0.5) is 5.82 Å². The lowest BCUT2D eigenvalue weighted by molar-refractivity contribution is -0.135. The molecule has 7 heteroatoms. The molecule has 1 aromatic heterocycles. The van der Waals surface area contributed by atoms with Crippen LogP contribution in [0, 0.1) is 5.92 Å². The summed E-state index contributed by atoms with van der Waals surface area (Å²) in [7, 11) is 0. The number of likely N-dealkylation sites (tertiary alicyclic amines) is 1. The van der Waals surface area contributed by atoms with Crippen LogP contribution in [0.5, 0.6) is 0 Å². The van der Waals surface area contributed by atoms with Crippen molar-refractivity contribution in [3.05, 3.63) is 23.4 Å². The molecule has 0 spiro atoms. The fourth-order valence-corrected chi connectivity index (χ4v) is 3.48. The van der Waals surface area contributed by atoms with Crippen LogP contribution in [0.2, 0.25) is 5.02 Å². The molecule has 2 saturated heterocycles. The van der Waals surface area contributed by atoms with Gasteiger partial charge in [0.1, 0.15) is 5.82 Å². The molecular formula is C17H23ClN4O2. The molecule has 0 saturated carbocycles. The van der Waals surface area contributed by atoms with E-state index in [1.165, 1.54) is 6.20 Å². The number of halogens is 1. The van der Waals surface area contributed by atoms with E-state index in [0.29, 0.717) is 29.8 Å². The van der Waals surface area contributed by atoms with Crippen molar-refractivity contribution in [1.29, 1.82) is 0 Å². The van der Waals surface area contributed by atoms with E-state index < -0.39 is 0 Å². The lowest BCUT2D eigenvalue weighted by atomic mass is 9.96. The van der Waals surface area contributed by atoms with Crippen molar-refractivity contribution in [2.75, 3.05) is 25.0 Å². The highest BCUT2D eigenvalue weighted by atomic mass is 35.5. The van der Waals surface area contributed by atoms with Gasteiger partial charge in [0, 0.05) is 31.7 Å². The summed E-state index contributed by atoms with van der Waals surface area (Å²) in [6, 6.07) is 3.66. The standard InChI is InChI=1S/C17H23ClN4O2/c18-13-5-6-15(20-10-13)21-17(24)12-3-2-8-22(11-12)16(23)9-14-4-1-7-19-14/h5-6,10,12,14,19H,1-4,7-9,11H2,(H,20,21,24). The number of carbonyl (C=O) groups is 2. The maximum absolute atomic E-state index is 12.4. The Balaban J connectivity index is 1.53. The molecule has 1 aromatic rings. The Morgan fingerprint density at radius 1 is 1.33 bits per heavy atom. The van der Waals surface area contributed by atoms with Crippen LogP contribution in [-0.2, 0) is 9.59 Å². The molecule has 24 heavy (non-hydrogen) atoms.